The molecular weight excluding hydrogens is 649 g/mol. The van der Waals surface area contributed by atoms with Crippen molar-refractivity contribution in [3.8, 4) is 11.1 Å². The summed E-state index contributed by atoms with van der Waals surface area (Å²) in [4.78, 5) is 16.2. The summed E-state index contributed by atoms with van der Waals surface area (Å²) in [5, 5.41) is 19.5. The highest BCUT2D eigenvalue weighted by atomic mass is 32.2. The summed E-state index contributed by atoms with van der Waals surface area (Å²) in [6.07, 6.45) is 0.838. The van der Waals surface area contributed by atoms with Crippen LogP contribution >= 0.6 is 11.8 Å². The molecule has 3 atom stereocenters. The van der Waals surface area contributed by atoms with Crippen LogP contribution < -0.4 is 4.72 Å². The number of benzene rings is 4. The van der Waals surface area contributed by atoms with Gasteiger partial charge in [0.25, 0.3) is 0 Å². The lowest BCUT2D eigenvalue weighted by Crippen LogP contribution is -2.31. The molecule has 0 spiro atoms. The number of hydrogen-bond acceptors (Lipinski definition) is 8. The molecule has 246 valence electrons. The maximum atomic E-state index is 12.9. The molecule has 9 nitrogen and oxygen atoms in total. The SMILES string of the molecule is O=C(O)c1cccnc1SC[C@H]1C[C@@H](c2ccc(CO)cc2)O[C@@H](c2ccc(-c3ccccc3CNS(=O)(=O)c3ccccc3)cc2)O1. The van der Waals surface area contributed by atoms with Crippen LogP contribution in [0.3, 0.4) is 0 Å². The van der Waals surface area contributed by atoms with Gasteiger partial charge in [0, 0.05) is 30.5 Å². The lowest BCUT2D eigenvalue weighted by Gasteiger charge is -2.36. The van der Waals surface area contributed by atoms with Crippen LogP contribution in [0.25, 0.3) is 11.1 Å². The number of aromatic carboxylic acids is 1. The first-order chi connectivity index (χ1) is 23.3. The van der Waals surface area contributed by atoms with Crippen molar-refractivity contribution in [3.63, 3.8) is 0 Å². The third-order valence-corrected chi connectivity index (χ3v) is 10.6. The quantitative estimate of drug-likeness (QED) is 0.122. The predicted molar refractivity (Wildman–Crippen MR) is 183 cm³/mol. The average Bonchev–Trinajstić information content (AvgIpc) is 3.13. The third-order valence-electron chi connectivity index (χ3n) is 8.04. The number of aliphatic hydroxyl groups excluding tert-OH is 1. The molecule has 1 aromatic heterocycles. The second-order valence-electron chi connectivity index (χ2n) is 11.2. The van der Waals surface area contributed by atoms with E-state index in [1.807, 2.05) is 72.8 Å². The van der Waals surface area contributed by atoms with Gasteiger partial charge >= 0.3 is 5.97 Å². The van der Waals surface area contributed by atoms with E-state index in [2.05, 4.69) is 9.71 Å². The molecule has 0 saturated carbocycles. The predicted octanol–water partition coefficient (Wildman–Crippen LogP) is 6.76. The number of aromatic nitrogens is 1. The van der Waals surface area contributed by atoms with Crippen molar-refractivity contribution >= 4 is 27.8 Å². The molecule has 11 heteroatoms. The Morgan fingerprint density at radius 2 is 1.56 bits per heavy atom. The van der Waals surface area contributed by atoms with E-state index in [0.717, 1.165) is 33.4 Å². The number of nitrogens with one attached hydrogen (secondary N) is 1. The van der Waals surface area contributed by atoms with E-state index in [1.54, 1.807) is 42.6 Å². The summed E-state index contributed by atoms with van der Waals surface area (Å²) < 4.78 is 41.3. The molecule has 0 bridgehead atoms. The van der Waals surface area contributed by atoms with Crippen molar-refractivity contribution in [3.05, 3.63) is 149 Å². The summed E-state index contributed by atoms with van der Waals surface area (Å²) in [6, 6.07) is 34.5. The fourth-order valence-corrected chi connectivity index (χ4v) is 7.53. The number of carboxylic acid groups (broad SMARTS) is 1. The van der Waals surface area contributed by atoms with E-state index in [0.29, 0.717) is 17.2 Å². The summed E-state index contributed by atoms with van der Waals surface area (Å²) in [6.45, 7) is 0.0706. The zero-order valence-corrected chi connectivity index (χ0v) is 27.4. The maximum absolute atomic E-state index is 12.9. The Morgan fingerprint density at radius 1 is 0.854 bits per heavy atom. The Bertz CT molecular complexity index is 1950. The molecule has 3 N–H and O–H groups in total. The van der Waals surface area contributed by atoms with Crippen molar-refractivity contribution in [2.45, 2.75) is 48.0 Å². The zero-order chi connectivity index (χ0) is 33.5. The van der Waals surface area contributed by atoms with E-state index in [-0.39, 0.29) is 35.8 Å². The van der Waals surface area contributed by atoms with Crippen molar-refractivity contribution in [2.24, 2.45) is 0 Å². The minimum atomic E-state index is -3.68. The minimum Gasteiger partial charge on any atom is -0.478 e. The molecule has 5 aromatic rings. The van der Waals surface area contributed by atoms with E-state index < -0.39 is 22.3 Å². The molecule has 1 saturated heterocycles. The topological polar surface area (TPSA) is 135 Å². The van der Waals surface area contributed by atoms with Gasteiger partial charge in [0.15, 0.2) is 6.29 Å². The number of thioether (sulfide) groups is 1. The summed E-state index contributed by atoms with van der Waals surface area (Å²) in [5.74, 6) is -0.569. The Labute approximate surface area is 283 Å². The molecule has 2 heterocycles. The van der Waals surface area contributed by atoms with E-state index >= 15 is 0 Å². The molecule has 6 rings (SSSR count). The van der Waals surface area contributed by atoms with Gasteiger partial charge in [-0.15, -0.1) is 11.8 Å². The van der Waals surface area contributed by atoms with Crippen LogP contribution in [-0.2, 0) is 32.6 Å². The summed E-state index contributed by atoms with van der Waals surface area (Å²) in [5.41, 5.74) is 5.32. The van der Waals surface area contributed by atoms with Crippen LogP contribution in [0.2, 0.25) is 0 Å². The fourth-order valence-electron chi connectivity index (χ4n) is 5.49. The van der Waals surface area contributed by atoms with Gasteiger partial charge in [-0.25, -0.2) is 22.9 Å². The number of ether oxygens (including phenoxy) is 2. The van der Waals surface area contributed by atoms with Gasteiger partial charge in [0.05, 0.1) is 29.3 Å². The number of carboxylic acids is 1. The Hall–Kier alpha value is -4.36. The average molecular weight is 683 g/mol. The Morgan fingerprint density at radius 3 is 2.29 bits per heavy atom. The van der Waals surface area contributed by atoms with Crippen molar-refractivity contribution in [2.75, 3.05) is 5.75 Å². The van der Waals surface area contributed by atoms with Crippen molar-refractivity contribution in [1.29, 1.82) is 0 Å². The van der Waals surface area contributed by atoms with Crippen molar-refractivity contribution < 1.29 is 32.9 Å². The van der Waals surface area contributed by atoms with Gasteiger partial charge in [0.2, 0.25) is 10.0 Å². The number of aliphatic hydroxyl groups is 1. The molecule has 0 unspecified atom stereocenters. The Kier molecular flexibility index (Phi) is 10.7. The molecule has 1 aliphatic rings. The van der Waals surface area contributed by atoms with Crippen LogP contribution in [0, 0.1) is 0 Å². The lowest BCUT2D eigenvalue weighted by molar-refractivity contribution is -0.245. The molecule has 1 fully saturated rings. The van der Waals surface area contributed by atoms with Gasteiger partial charge in [0.1, 0.15) is 5.03 Å². The highest BCUT2D eigenvalue weighted by molar-refractivity contribution is 7.99. The Balaban J connectivity index is 1.21. The van der Waals surface area contributed by atoms with Crippen molar-refractivity contribution in [1.82, 2.24) is 9.71 Å². The zero-order valence-electron chi connectivity index (χ0n) is 25.8. The number of hydrogen-bond donors (Lipinski definition) is 3. The van der Waals surface area contributed by atoms with Crippen LogP contribution in [0.1, 0.15) is 51.4 Å². The van der Waals surface area contributed by atoms with Gasteiger partial charge < -0.3 is 19.7 Å². The van der Waals surface area contributed by atoms with Crippen LogP contribution in [0.4, 0.5) is 0 Å². The molecule has 0 aliphatic carbocycles. The fraction of sp³-hybridized carbons (Fsp3) is 0.189. The summed E-state index contributed by atoms with van der Waals surface area (Å²) >= 11 is 1.33. The number of nitrogens with zero attached hydrogens (tertiary/aromatic N) is 1. The summed E-state index contributed by atoms with van der Waals surface area (Å²) in [7, 11) is -3.68. The molecule has 4 aromatic carbocycles. The smallest absolute Gasteiger partial charge is 0.338 e. The number of sulfonamides is 1. The second-order valence-corrected chi connectivity index (χ2v) is 14.0. The number of carbonyl (C=O) groups is 1. The first kappa shape index (κ1) is 33.5. The molecular formula is C37H34N2O7S2. The molecule has 0 radical (unpaired) electrons. The van der Waals surface area contributed by atoms with Gasteiger partial charge in [-0.2, -0.15) is 0 Å². The largest absolute Gasteiger partial charge is 0.478 e. The first-order valence-electron chi connectivity index (χ1n) is 15.4. The second kappa shape index (κ2) is 15.2. The van der Waals surface area contributed by atoms with Gasteiger partial charge in [-0.05, 0) is 52.1 Å². The van der Waals surface area contributed by atoms with E-state index in [9.17, 15) is 23.4 Å². The first-order valence-corrected chi connectivity index (χ1v) is 17.8. The van der Waals surface area contributed by atoms with Crippen LogP contribution in [0.5, 0.6) is 0 Å². The van der Waals surface area contributed by atoms with Crippen LogP contribution in [-0.4, -0.2) is 41.4 Å². The lowest BCUT2D eigenvalue weighted by atomic mass is 9.98. The van der Waals surface area contributed by atoms with Crippen LogP contribution in [0.15, 0.2) is 131 Å². The number of pyridine rings is 1. The van der Waals surface area contributed by atoms with Gasteiger partial charge in [-0.1, -0.05) is 91.0 Å². The maximum Gasteiger partial charge on any atom is 0.338 e. The molecule has 1 aliphatic heterocycles. The standard InChI is InChI=1S/C37H34N2O7S2/c40-23-25-12-14-27(15-13-25)34-21-30(24-47-35-33(36(41)42)11-6-20-38-35)45-37(46-34)28-18-16-26(17-19-28)32-10-5-4-7-29(32)22-39-48(43,44)31-8-2-1-3-9-31/h1-20,30,34,37,39-40H,21-24H2,(H,41,42)/t30-,34+,37+/m1/s1. The highest BCUT2D eigenvalue weighted by Crippen LogP contribution is 2.40. The van der Waals surface area contributed by atoms with E-state index in [4.69, 9.17) is 9.47 Å². The normalized spacial score (nSPS) is 18.0. The molecule has 0 amide bonds. The van der Waals surface area contributed by atoms with Gasteiger partial charge in [-0.3, -0.25) is 0 Å². The third kappa shape index (κ3) is 8.01. The monoisotopic (exact) mass is 682 g/mol. The highest BCUT2D eigenvalue weighted by Gasteiger charge is 2.32. The van der Waals surface area contributed by atoms with E-state index in [1.165, 1.54) is 17.8 Å². The molecule has 48 heavy (non-hydrogen) atoms. The number of rotatable bonds is 12. The minimum absolute atomic E-state index is 0.0544.